The molecule has 2 aliphatic heterocycles. The standard InChI is InChI=1S/C31H38N2O3/c1-19(2)18-33(28(35)13-8-21-7-5-6-20(3)16-21)24-10-9-23-25-17-22-26(34)11-12-27-29(22)31(23,30(24)36-27)14-15-32(25)4/h5-8,11-13,16,19,23-25,30,34H,9-10,14-15,17-18H2,1-4H3/t23-,24-,25+,30-,31-/m0/s1. The normalized spacial score (nSPS) is 30.4. The molecule has 6 rings (SSSR count). The summed E-state index contributed by atoms with van der Waals surface area (Å²) in [5, 5.41) is 10.9. The predicted octanol–water partition coefficient (Wildman–Crippen LogP) is 4.94. The first-order valence-corrected chi connectivity index (χ1v) is 13.6. The van der Waals surface area contributed by atoms with Crippen molar-refractivity contribution in [3.05, 3.63) is 64.7 Å². The number of hydrogen-bond donors (Lipinski definition) is 1. The maximum Gasteiger partial charge on any atom is 0.246 e. The maximum absolute atomic E-state index is 13.8. The minimum atomic E-state index is -0.127. The number of carbonyl (C=O) groups excluding carboxylic acids is 1. The van der Waals surface area contributed by atoms with Gasteiger partial charge in [0.1, 0.15) is 17.6 Å². The van der Waals surface area contributed by atoms with Crippen LogP contribution in [0.15, 0.2) is 42.5 Å². The van der Waals surface area contributed by atoms with Gasteiger partial charge < -0.3 is 19.6 Å². The Morgan fingerprint density at radius 1 is 1.28 bits per heavy atom. The Labute approximate surface area is 214 Å². The van der Waals surface area contributed by atoms with Crippen LogP contribution >= 0.6 is 0 Å². The minimum Gasteiger partial charge on any atom is -0.508 e. The lowest BCUT2D eigenvalue weighted by Gasteiger charge is -2.60. The van der Waals surface area contributed by atoms with Crippen molar-refractivity contribution < 1.29 is 14.6 Å². The molecule has 1 N–H and O–H groups in total. The lowest BCUT2D eigenvalue weighted by Crippen LogP contribution is -2.68. The molecule has 2 aromatic carbocycles. The molecule has 1 spiro atoms. The number of aromatic hydroxyl groups is 1. The van der Waals surface area contributed by atoms with E-state index in [1.165, 1.54) is 11.1 Å². The first-order chi connectivity index (χ1) is 17.3. The summed E-state index contributed by atoms with van der Waals surface area (Å²) in [6.45, 7) is 8.16. The summed E-state index contributed by atoms with van der Waals surface area (Å²) >= 11 is 0. The Balaban J connectivity index is 1.39. The molecule has 2 aliphatic carbocycles. The number of phenolic OH excluding ortho intramolecular Hbond substituents is 1. The Bertz CT molecular complexity index is 1220. The summed E-state index contributed by atoms with van der Waals surface area (Å²) in [6.07, 6.45) is 7.55. The molecule has 4 aliphatic rings. The zero-order valence-corrected chi connectivity index (χ0v) is 21.9. The average Bonchev–Trinajstić information content (AvgIpc) is 3.18. The molecule has 0 radical (unpaired) electrons. The highest BCUT2D eigenvalue weighted by Crippen LogP contribution is 2.63. The fourth-order valence-electron chi connectivity index (χ4n) is 7.86. The van der Waals surface area contributed by atoms with E-state index in [2.05, 4.69) is 49.8 Å². The molecule has 5 nitrogen and oxygen atoms in total. The highest BCUT2D eigenvalue weighted by molar-refractivity contribution is 5.92. The van der Waals surface area contributed by atoms with Crippen molar-refractivity contribution in [1.29, 1.82) is 0 Å². The zero-order chi connectivity index (χ0) is 25.2. The van der Waals surface area contributed by atoms with Gasteiger partial charge in [-0.3, -0.25) is 4.79 Å². The van der Waals surface area contributed by atoms with Gasteiger partial charge in [-0.25, -0.2) is 0 Å². The number of phenols is 1. The Kier molecular flexibility index (Phi) is 5.67. The first kappa shape index (κ1) is 23.6. The highest BCUT2D eigenvalue weighted by Gasteiger charge is 2.66. The lowest BCUT2D eigenvalue weighted by atomic mass is 9.51. The van der Waals surface area contributed by atoms with Crippen LogP contribution in [0, 0.1) is 18.8 Å². The smallest absolute Gasteiger partial charge is 0.246 e. The van der Waals surface area contributed by atoms with E-state index >= 15 is 0 Å². The molecule has 5 heteroatoms. The molecule has 36 heavy (non-hydrogen) atoms. The molecular formula is C31H38N2O3. The number of piperidine rings is 1. The molecule has 190 valence electrons. The van der Waals surface area contributed by atoms with Gasteiger partial charge in [0.05, 0.1) is 6.04 Å². The average molecular weight is 487 g/mol. The number of nitrogens with zero attached hydrogens (tertiary/aromatic N) is 2. The molecule has 2 aromatic rings. The summed E-state index contributed by atoms with van der Waals surface area (Å²) in [5.41, 5.74) is 4.43. The molecule has 2 bridgehead atoms. The van der Waals surface area contributed by atoms with Crippen molar-refractivity contribution in [3.8, 4) is 11.5 Å². The molecule has 1 saturated carbocycles. The third kappa shape index (κ3) is 3.50. The summed E-state index contributed by atoms with van der Waals surface area (Å²) < 4.78 is 6.83. The van der Waals surface area contributed by atoms with Crippen molar-refractivity contribution in [3.63, 3.8) is 0 Å². The van der Waals surface area contributed by atoms with E-state index in [-0.39, 0.29) is 23.5 Å². The number of ether oxygens (including phenoxy) is 1. The lowest BCUT2D eigenvalue weighted by molar-refractivity contribution is -0.138. The maximum atomic E-state index is 13.8. The first-order valence-electron chi connectivity index (χ1n) is 13.6. The number of amides is 1. The van der Waals surface area contributed by atoms with Crippen molar-refractivity contribution in [2.45, 2.75) is 70.1 Å². The fraction of sp³-hybridized carbons (Fsp3) is 0.516. The van der Waals surface area contributed by atoms with Crippen LogP contribution in [0.25, 0.3) is 6.08 Å². The van der Waals surface area contributed by atoms with Gasteiger partial charge in [0.2, 0.25) is 5.91 Å². The minimum absolute atomic E-state index is 0.0165. The molecule has 0 unspecified atom stereocenters. The van der Waals surface area contributed by atoms with Gasteiger partial charge in [-0.05, 0) is 81.8 Å². The van der Waals surface area contributed by atoms with Crippen LogP contribution in [0.3, 0.4) is 0 Å². The van der Waals surface area contributed by atoms with Gasteiger partial charge >= 0.3 is 0 Å². The fourth-order valence-corrected chi connectivity index (χ4v) is 7.86. The Morgan fingerprint density at radius 2 is 2.11 bits per heavy atom. The van der Waals surface area contributed by atoms with Gasteiger partial charge in [-0.2, -0.15) is 0 Å². The van der Waals surface area contributed by atoms with Crippen molar-refractivity contribution in [2.75, 3.05) is 20.1 Å². The molecule has 2 fully saturated rings. The predicted molar refractivity (Wildman–Crippen MR) is 142 cm³/mol. The second kappa shape index (κ2) is 8.65. The Hall–Kier alpha value is -2.79. The van der Waals surface area contributed by atoms with Crippen LogP contribution in [0.2, 0.25) is 0 Å². The van der Waals surface area contributed by atoms with Gasteiger partial charge in [0.15, 0.2) is 0 Å². The molecule has 2 heterocycles. The summed E-state index contributed by atoms with van der Waals surface area (Å²) in [4.78, 5) is 18.4. The Morgan fingerprint density at radius 3 is 2.89 bits per heavy atom. The van der Waals surface area contributed by atoms with E-state index < -0.39 is 0 Å². The summed E-state index contributed by atoms with van der Waals surface area (Å²) in [7, 11) is 2.23. The van der Waals surface area contributed by atoms with Crippen molar-refractivity contribution in [2.24, 2.45) is 11.8 Å². The van der Waals surface area contributed by atoms with Crippen LogP contribution in [0.4, 0.5) is 0 Å². The van der Waals surface area contributed by atoms with E-state index in [0.717, 1.165) is 49.1 Å². The second-order valence-electron chi connectivity index (χ2n) is 11.9. The van der Waals surface area contributed by atoms with Crippen molar-refractivity contribution >= 4 is 12.0 Å². The zero-order valence-electron chi connectivity index (χ0n) is 21.9. The monoisotopic (exact) mass is 486 g/mol. The molecule has 1 amide bonds. The van der Waals surface area contributed by atoms with Crippen LogP contribution in [0.5, 0.6) is 11.5 Å². The summed E-state index contributed by atoms with van der Waals surface area (Å²) in [5.74, 6) is 2.24. The molecular weight excluding hydrogens is 448 g/mol. The van der Waals surface area contributed by atoms with Gasteiger partial charge in [0.25, 0.3) is 0 Å². The molecule has 5 atom stereocenters. The van der Waals surface area contributed by atoms with Crippen LogP contribution in [0.1, 0.15) is 55.4 Å². The van der Waals surface area contributed by atoms with Crippen LogP contribution in [-0.4, -0.2) is 59.1 Å². The SMILES string of the molecule is Cc1cccc(C=CC(=O)N(CC(C)C)[C@H]2CC[C@H]3[C@H]4Cc5c(O)ccc6c5[C@@]3(CCN4C)[C@H]2O6)c1. The number of aryl methyl sites for hydroxylation is 1. The van der Waals surface area contributed by atoms with Crippen LogP contribution in [-0.2, 0) is 16.6 Å². The second-order valence-corrected chi connectivity index (χ2v) is 11.9. The third-order valence-corrected chi connectivity index (χ3v) is 9.29. The molecule has 1 saturated heterocycles. The van der Waals surface area contributed by atoms with E-state index in [9.17, 15) is 9.90 Å². The number of benzene rings is 2. The number of hydrogen-bond acceptors (Lipinski definition) is 4. The molecule has 0 aromatic heterocycles. The van der Waals surface area contributed by atoms with E-state index in [1.807, 2.05) is 24.3 Å². The number of likely N-dealkylation sites (N-methyl/N-ethyl adjacent to an activating group) is 1. The van der Waals surface area contributed by atoms with E-state index in [0.29, 0.717) is 30.2 Å². The quantitative estimate of drug-likeness (QED) is 0.609. The van der Waals surface area contributed by atoms with Gasteiger partial charge in [-0.15, -0.1) is 0 Å². The van der Waals surface area contributed by atoms with E-state index in [4.69, 9.17) is 4.74 Å². The third-order valence-electron chi connectivity index (χ3n) is 9.29. The largest absolute Gasteiger partial charge is 0.508 e. The number of rotatable bonds is 5. The summed E-state index contributed by atoms with van der Waals surface area (Å²) in [6, 6.07) is 12.4. The van der Waals surface area contributed by atoms with E-state index in [1.54, 1.807) is 12.1 Å². The highest BCUT2D eigenvalue weighted by atomic mass is 16.5. The van der Waals surface area contributed by atoms with Crippen LogP contribution < -0.4 is 4.74 Å². The van der Waals surface area contributed by atoms with Gasteiger partial charge in [0, 0.05) is 35.2 Å². The topological polar surface area (TPSA) is 53.0 Å². The van der Waals surface area contributed by atoms with Crippen molar-refractivity contribution in [1.82, 2.24) is 9.80 Å². The number of likely N-dealkylation sites (tertiary alicyclic amines) is 1. The van der Waals surface area contributed by atoms with Gasteiger partial charge in [-0.1, -0.05) is 43.7 Å². The number of carbonyl (C=O) groups is 1.